The van der Waals surface area contributed by atoms with E-state index in [1.54, 1.807) is 13.0 Å². The van der Waals surface area contributed by atoms with Gasteiger partial charge in [0.05, 0.1) is 7.11 Å². The molecule has 0 saturated carbocycles. The zero-order valence-corrected chi connectivity index (χ0v) is 13.6. The molecule has 1 aromatic carbocycles. The molecule has 7 nitrogen and oxygen atoms in total. The standard InChI is InChI=1S/C18H14N4O3/c1-11-15(16(22-25-11)12-6-4-3-5-7-12)17(23)21-14-9-8-13(10-19)20-18(14)24-2/h3-9H,1-2H3,(H,21,23). The summed E-state index contributed by atoms with van der Waals surface area (Å²) in [6, 6.07) is 14.3. The van der Waals surface area contributed by atoms with E-state index in [9.17, 15) is 4.79 Å². The van der Waals surface area contributed by atoms with Crippen LogP contribution in [0.5, 0.6) is 5.88 Å². The fourth-order valence-electron chi connectivity index (χ4n) is 2.37. The average molecular weight is 334 g/mol. The molecule has 0 spiro atoms. The Bertz CT molecular complexity index is 958. The Morgan fingerprint density at radius 1 is 1.24 bits per heavy atom. The lowest BCUT2D eigenvalue weighted by atomic mass is 10.1. The quantitative estimate of drug-likeness (QED) is 0.786. The van der Waals surface area contributed by atoms with E-state index in [0.717, 1.165) is 5.56 Å². The van der Waals surface area contributed by atoms with Gasteiger partial charge < -0.3 is 14.6 Å². The fraction of sp³-hybridized carbons (Fsp3) is 0.111. The van der Waals surface area contributed by atoms with Gasteiger partial charge in [-0.25, -0.2) is 4.98 Å². The molecule has 0 aliphatic carbocycles. The number of aromatic nitrogens is 2. The van der Waals surface area contributed by atoms with Crippen LogP contribution in [-0.4, -0.2) is 23.2 Å². The number of methoxy groups -OCH3 is 1. The van der Waals surface area contributed by atoms with Crippen molar-refractivity contribution in [1.82, 2.24) is 10.1 Å². The number of rotatable bonds is 4. The van der Waals surface area contributed by atoms with E-state index in [4.69, 9.17) is 14.5 Å². The van der Waals surface area contributed by atoms with Gasteiger partial charge in [0, 0.05) is 5.56 Å². The van der Waals surface area contributed by atoms with Gasteiger partial charge in [0.2, 0.25) is 5.88 Å². The van der Waals surface area contributed by atoms with Crippen molar-refractivity contribution in [3.63, 3.8) is 0 Å². The van der Waals surface area contributed by atoms with E-state index in [1.807, 2.05) is 36.4 Å². The van der Waals surface area contributed by atoms with Gasteiger partial charge in [0.25, 0.3) is 5.91 Å². The highest BCUT2D eigenvalue weighted by Gasteiger charge is 2.22. The normalized spacial score (nSPS) is 10.1. The van der Waals surface area contributed by atoms with Crippen LogP contribution in [0.4, 0.5) is 5.69 Å². The zero-order valence-electron chi connectivity index (χ0n) is 13.6. The van der Waals surface area contributed by atoms with Crippen LogP contribution in [0, 0.1) is 18.3 Å². The molecule has 0 bridgehead atoms. The minimum atomic E-state index is -0.401. The number of nitrogens with zero attached hydrogens (tertiary/aromatic N) is 3. The van der Waals surface area contributed by atoms with E-state index in [2.05, 4.69) is 15.5 Å². The smallest absolute Gasteiger partial charge is 0.261 e. The molecule has 0 radical (unpaired) electrons. The molecule has 1 amide bonds. The maximum atomic E-state index is 12.8. The molecular weight excluding hydrogens is 320 g/mol. The third kappa shape index (κ3) is 3.19. The number of ether oxygens (including phenoxy) is 1. The summed E-state index contributed by atoms with van der Waals surface area (Å²) in [5, 5.41) is 15.6. The van der Waals surface area contributed by atoms with Gasteiger partial charge in [-0.15, -0.1) is 0 Å². The lowest BCUT2D eigenvalue weighted by molar-refractivity contribution is 0.102. The Morgan fingerprint density at radius 2 is 2.00 bits per heavy atom. The number of amides is 1. The topological polar surface area (TPSA) is 101 Å². The van der Waals surface area contributed by atoms with Crippen LogP contribution < -0.4 is 10.1 Å². The lowest BCUT2D eigenvalue weighted by Crippen LogP contribution is -2.14. The van der Waals surface area contributed by atoms with Gasteiger partial charge in [-0.2, -0.15) is 5.26 Å². The summed E-state index contributed by atoms with van der Waals surface area (Å²) in [4.78, 5) is 16.8. The summed E-state index contributed by atoms with van der Waals surface area (Å²) in [7, 11) is 1.42. The average Bonchev–Trinajstić information content (AvgIpc) is 3.04. The number of carbonyl (C=O) groups excluding carboxylic acids is 1. The van der Waals surface area contributed by atoms with Gasteiger partial charge in [-0.3, -0.25) is 4.79 Å². The molecule has 3 rings (SSSR count). The van der Waals surface area contributed by atoms with Crippen LogP contribution >= 0.6 is 0 Å². The number of benzene rings is 1. The first-order chi connectivity index (χ1) is 12.1. The number of hydrogen-bond donors (Lipinski definition) is 1. The monoisotopic (exact) mass is 334 g/mol. The molecule has 124 valence electrons. The van der Waals surface area contributed by atoms with Crippen molar-refractivity contribution in [2.45, 2.75) is 6.92 Å². The molecule has 3 aromatic rings. The van der Waals surface area contributed by atoms with Gasteiger partial charge in [0.15, 0.2) is 0 Å². The number of hydrogen-bond acceptors (Lipinski definition) is 6. The van der Waals surface area contributed by atoms with Crippen molar-refractivity contribution in [3.8, 4) is 23.2 Å². The molecule has 7 heteroatoms. The predicted octanol–water partition coefficient (Wildman–Crippen LogP) is 3.18. The third-order valence-electron chi connectivity index (χ3n) is 3.55. The van der Waals surface area contributed by atoms with Crippen LogP contribution in [0.15, 0.2) is 47.0 Å². The van der Waals surface area contributed by atoms with Crippen molar-refractivity contribution in [1.29, 1.82) is 5.26 Å². The lowest BCUT2D eigenvalue weighted by Gasteiger charge is -2.09. The number of anilines is 1. The second-order valence-electron chi connectivity index (χ2n) is 5.15. The molecule has 0 fully saturated rings. The molecule has 0 atom stereocenters. The number of pyridine rings is 1. The number of aryl methyl sites for hydroxylation is 1. The second-order valence-corrected chi connectivity index (χ2v) is 5.15. The number of nitrogens with one attached hydrogen (secondary N) is 1. The molecule has 1 N–H and O–H groups in total. The minimum absolute atomic E-state index is 0.155. The maximum absolute atomic E-state index is 12.8. The first-order valence-electron chi connectivity index (χ1n) is 7.42. The Hall–Kier alpha value is -3.66. The van der Waals surface area contributed by atoms with Crippen LogP contribution in [0.2, 0.25) is 0 Å². The van der Waals surface area contributed by atoms with Gasteiger partial charge in [-0.1, -0.05) is 35.5 Å². The van der Waals surface area contributed by atoms with Crippen LogP contribution in [0.1, 0.15) is 21.8 Å². The first-order valence-corrected chi connectivity index (χ1v) is 7.42. The van der Waals surface area contributed by atoms with Crippen molar-refractivity contribution >= 4 is 11.6 Å². The van der Waals surface area contributed by atoms with E-state index in [-0.39, 0.29) is 11.6 Å². The highest BCUT2D eigenvalue weighted by molar-refractivity contribution is 6.09. The first kappa shape index (κ1) is 16.2. The van der Waals surface area contributed by atoms with E-state index in [1.165, 1.54) is 13.2 Å². The van der Waals surface area contributed by atoms with Crippen molar-refractivity contribution in [3.05, 3.63) is 59.5 Å². The Labute approximate surface area is 143 Å². The van der Waals surface area contributed by atoms with Gasteiger partial charge in [-0.05, 0) is 19.1 Å². The fourth-order valence-corrected chi connectivity index (χ4v) is 2.37. The van der Waals surface area contributed by atoms with E-state index in [0.29, 0.717) is 22.7 Å². The minimum Gasteiger partial charge on any atom is -0.479 e. The molecule has 0 aliphatic heterocycles. The summed E-state index contributed by atoms with van der Waals surface area (Å²) >= 11 is 0. The molecular formula is C18H14N4O3. The summed E-state index contributed by atoms with van der Waals surface area (Å²) in [6.07, 6.45) is 0. The molecule has 0 aliphatic rings. The number of nitriles is 1. The highest BCUT2D eigenvalue weighted by Crippen LogP contribution is 2.28. The van der Waals surface area contributed by atoms with Crippen LogP contribution in [-0.2, 0) is 0 Å². The van der Waals surface area contributed by atoms with Crippen molar-refractivity contribution in [2.24, 2.45) is 0 Å². The summed E-state index contributed by atoms with van der Waals surface area (Å²) in [5.74, 6) is 0.155. The SMILES string of the molecule is COc1nc(C#N)ccc1NC(=O)c1c(-c2ccccc2)noc1C. The Kier molecular flexibility index (Phi) is 4.44. The maximum Gasteiger partial charge on any atom is 0.261 e. The van der Waals surface area contributed by atoms with E-state index >= 15 is 0 Å². The molecule has 0 saturated heterocycles. The summed E-state index contributed by atoms with van der Waals surface area (Å²) < 4.78 is 10.3. The van der Waals surface area contributed by atoms with E-state index < -0.39 is 5.91 Å². The predicted molar refractivity (Wildman–Crippen MR) is 90.1 cm³/mol. The summed E-state index contributed by atoms with van der Waals surface area (Å²) in [5.41, 5.74) is 2.11. The van der Waals surface area contributed by atoms with Gasteiger partial charge >= 0.3 is 0 Å². The van der Waals surface area contributed by atoms with Crippen LogP contribution in [0.25, 0.3) is 11.3 Å². The van der Waals surface area contributed by atoms with Crippen molar-refractivity contribution in [2.75, 3.05) is 12.4 Å². The Balaban J connectivity index is 1.96. The zero-order chi connectivity index (χ0) is 17.8. The van der Waals surface area contributed by atoms with Gasteiger partial charge in [0.1, 0.15) is 34.5 Å². The Morgan fingerprint density at radius 3 is 2.68 bits per heavy atom. The van der Waals surface area contributed by atoms with Crippen molar-refractivity contribution < 1.29 is 14.1 Å². The number of carbonyl (C=O) groups is 1. The molecule has 2 aromatic heterocycles. The molecule has 0 unspecified atom stereocenters. The highest BCUT2D eigenvalue weighted by atomic mass is 16.5. The van der Waals surface area contributed by atoms with Crippen LogP contribution in [0.3, 0.4) is 0 Å². The molecule has 25 heavy (non-hydrogen) atoms. The second kappa shape index (κ2) is 6.84. The third-order valence-corrected chi connectivity index (χ3v) is 3.55. The molecule has 2 heterocycles. The summed E-state index contributed by atoms with van der Waals surface area (Å²) in [6.45, 7) is 1.67. The largest absolute Gasteiger partial charge is 0.479 e.